The van der Waals surface area contributed by atoms with Gasteiger partial charge in [0.2, 0.25) is 5.88 Å². The molecular formula is C20H36IN5O. The molecular weight excluding hydrogens is 453 g/mol. The maximum atomic E-state index is 5.57. The molecule has 1 unspecified atom stereocenters. The summed E-state index contributed by atoms with van der Waals surface area (Å²) in [6, 6.07) is 4.67. The van der Waals surface area contributed by atoms with Gasteiger partial charge in [0.15, 0.2) is 5.96 Å². The zero-order valence-electron chi connectivity index (χ0n) is 17.2. The van der Waals surface area contributed by atoms with Crippen molar-refractivity contribution in [3.63, 3.8) is 0 Å². The molecule has 1 aliphatic rings. The van der Waals surface area contributed by atoms with E-state index in [1.54, 1.807) is 7.05 Å². The lowest BCUT2D eigenvalue weighted by Crippen LogP contribution is -2.41. The van der Waals surface area contributed by atoms with Gasteiger partial charge in [-0.25, -0.2) is 4.98 Å². The summed E-state index contributed by atoms with van der Waals surface area (Å²) in [6.07, 6.45) is 7.18. The Kier molecular flexibility index (Phi) is 11.7. The minimum atomic E-state index is 0. The first-order chi connectivity index (χ1) is 12.6. The highest BCUT2D eigenvalue weighted by Gasteiger charge is 2.17. The van der Waals surface area contributed by atoms with E-state index in [-0.39, 0.29) is 30.1 Å². The third-order valence-electron chi connectivity index (χ3n) is 4.69. The SMILES string of the molecule is CN=C(NCCCN1CCCCC1C)NCc1ccc(OC(C)C)nc1.I. The predicted octanol–water partition coefficient (Wildman–Crippen LogP) is 3.42. The molecule has 2 rings (SSSR count). The quantitative estimate of drug-likeness (QED) is 0.254. The van der Waals surface area contributed by atoms with E-state index in [0.717, 1.165) is 37.1 Å². The Morgan fingerprint density at radius 1 is 1.33 bits per heavy atom. The highest BCUT2D eigenvalue weighted by atomic mass is 127. The average molecular weight is 489 g/mol. The number of ether oxygens (including phenoxy) is 1. The van der Waals surface area contributed by atoms with Crippen molar-refractivity contribution in [1.29, 1.82) is 0 Å². The molecule has 0 bridgehead atoms. The Balaban J connectivity index is 0.00000364. The molecule has 1 aromatic heterocycles. The molecule has 2 heterocycles. The van der Waals surface area contributed by atoms with Crippen molar-refractivity contribution in [3.05, 3.63) is 23.9 Å². The van der Waals surface area contributed by atoms with Crippen LogP contribution in [-0.2, 0) is 6.54 Å². The molecule has 1 aliphatic heterocycles. The van der Waals surface area contributed by atoms with Crippen LogP contribution in [0.25, 0.3) is 0 Å². The number of rotatable bonds is 8. The molecule has 27 heavy (non-hydrogen) atoms. The Morgan fingerprint density at radius 3 is 2.78 bits per heavy atom. The van der Waals surface area contributed by atoms with Crippen molar-refractivity contribution in [2.45, 2.75) is 65.1 Å². The molecule has 1 saturated heterocycles. The van der Waals surface area contributed by atoms with Gasteiger partial charge in [-0.2, -0.15) is 0 Å². The van der Waals surface area contributed by atoms with Gasteiger partial charge in [0.05, 0.1) is 6.10 Å². The molecule has 0 aromatic carbocycles. The van der Waals surface area contributed by atoms with Crippen LogP contribution in [0.15, 0.2) is 23.3 Å². The maximum Gasteiger partial charge on any atom is 0.213 e. The minimum Gasteiger partial charge on any atom is -0.475 e. The van der Waals surface area contributed by atoms with Crippen molar-refractivity contribution in [2.75, 3.05) is 26.7 Å². The maximum absolute atomic E-state index is 5.57. The summed E-state index contributed by atoms with van der Waals surface area (Å²) in [5.41, 5.74) is 1.10. The molecule has 0 saturated carbocycles. The molecule has 154 valence electrons. The normalized spacial score (nSPS) is 18.1. The summed E-state index contributed by atoms with van der Waals surface area (Å²) in [6.45, 7) is 10.4. The first-order valence-corrected chi connectivity index (χ1v) is 9.88. The first kappa shape index (κ1) is 23.9. The van der Waals surface area contributed by atoms with Crippen LogP contribution in [0.5, 0.6) is 5.88 Å². The third kappa shape index (κ3) is 9.10. The van der Waals surface area contributed by atoms with Gasteiger partial charge in [-0.1, -0.05) is 12.5 Å². The van der Waals surface area contributed by atoms with Crippen LogP contribution < -0.4 is 15.4 Å². The van der Waals surface area contributed by atoms with Crippen LogP contribution in [0.4, 0.5) is 0 Å². The molecule has 6 nitrogen and oxygen atoms in total. The summed E-state index contributed by atoms with van der Waals surface area (Å²) in [5.74, 6) is 1.50. The summed E-state index contributed by atoms with van der Waals surface area (Å²) in [7, 11) is 1.81. The fourth-order valence-electron chi connectivity index (χ4n) is 3.21. The van der Waals surface area contributed by atoms with E-state index in [9.17, 15) is 0 Å². The monoisotopic (exact) mass is 489 g/mol. The molecule has 1 fully saturated rings. The molecule has 0 spiro atoms. The highest BCUT2D eigenvalue weighted by molar-refractivity contribution is 14.0. The number of likely N-dealkylation sites (tertiary alicyclic amines) is 1. The van der Waals surface area contributed by atoms with Crippen LogP contribution in [0.1, 0.15) is 52.0 Å². The van der Waals surface area contributed by atoms with E-state index in [1.807, 2.05) is 32.2 Å². The molecule has 0 aliphatic carbocycles. The van der Waals surface area contributed by atoms with Crippen LogP contribution >= 0.6 is 24.0 Å². The van der Waals surface area contributed by atoms with E-state index in [1.165, 1.54) is 25.8 Å². The molecule has 1 atom stereocenters. The largest absolute Gasteiger partial charge is 0.475 e. The Morgan fingerprint density at radius 2 is 2.15 bits per heavy atom. The zero-order chi connectivity index (χ0) is 18.8. The standard InChI is InChI=1S/C20H35N5O.HI/c1-16(2)26-19-10-9-18(14-23-19)15-24-20(21-4)22-11-7-13-25-12-6-5-8-17(25)3;/h9-10,14,16-17H,5-8,11-13,15H2,1-4H3,(H2,21,22,24);1H. The number of nitrogens with zero attached hydrogens (tertiary/aromatic N) is 3. The topological polar surface area (TPSA) is 61.8 Å². The number of aromatic nitrogens is 1. The van der Waals surface area contributed by atoms with Gasteiger partial charge in [-0.05, 0) is 52.1 Å². The molecule has 0 amide bonds. The smallest absolute Gasteiger partial charge is 0.213 e. The van der Waals surface area contributed by atoms with Gasteiger partial charge in [0.25, 0.3) is 0 Å². The van der Waals surface area contributed by atoms with Crippen LogP contribution in [0.2, 0.25) is 0 Å². The van der Waals surface area contributed by atoms with Crippen LogP contribution in [0.3, 0.4) is 0 Å². The van der Waals surface area contributed by atoms with Crippen LogP contribution in [0, 0.1) is 0 Å². The van der Waals surface area contributed by atoms with Crippen molar-refractivity contribution >= 4 is 29.9 Å². The summed E-state index contributed by atoms with van der Waals surface area (Å²) in [5, 5.41) is 6.74. The fourth-order valence-corrected chi connectivity index (χ4v) is 3.21. The summed E-state index contributed by atoms with van der Waals surface area (Å²) in [4.78, 5) is 11.2. The van der Waals surface area contributed by atoms with Gasteiger partial charge in [-0.15, -0.1) is 24.0 Å². The van der Waals surface area contributed by atoms with Crippen molar-refractivity contribution < 1.29 is 4.74 Å². The summed E-state index contributed by atoms with van der Waals surface area (Å²) < 4.78 is 5.57. The van der Waals surface area contributed by atoms with Gasteiger partial charge < -0.3 is 20.3 Å². The van der Waals surface area contributed by atoms with Gasteiger partial charge in [-0.3, -0.25) is 4.99 Å². The van der Waals surface area contributed by atoms with Gasteiger partial charge in [0.1, 0.15) is 0 Å². The van der Waals surface area contributed by atoms with E-state index < -0.39 is 0 Å². The molecule has 1 aromatic rings. The lowest BCUT2D eigenvalue weighted by Gasteiger charge is -2.33. The zero-order valence-corrected chi connectivity index (χ0v) is 19.5. The van der Waals surface area contributed by atoms with Crippen LogP contribution in [-0.4, -0.2) is 54.7 Å². The number of aliphatic imine (C=N–C) groups is 1. The first-order valence-electron chi connectivity index (χ1n) is 9.88. The molecule has 0 radical (unpaired) electrons. The Hall–Kier alpha value is -1.09. The molecule has 2 N–H and O–H groups in total. The summed E-state index contributed by atoms with van der Waals surface area (Å²) >= 11 is 0. The number of guanidine groups is 1. The second-order valence-corrected chi connectivity index (χ2v) is 7.26. The lowest BCUT2D eigenvalue weighted by molar-refractivity contribution is 0.159. The second-order valence-electron chi connectivity index (χ2n) is 7.26. The van der Waals surface area contributed by atoms with E-state index >= 15 is 0 Å². The Labute approximate surface area is 181 Å². The second kappa shape index (κ2) is 13.1. The highest BCUT2D eigenvalue weighted by Crippen LogP contribution is 2.16. The van der Waals surface area contributed by atoms with E-state index in [2.05, 4.69) is 32.4 Å². The molecule has 7 heteroatoms. The van der Waals surface area contributed by atoms with Crippen molar-refractivity contribution in [2.24, 2.45) is 4.99 Å². The number of piperidine rings is 1. The number of hydrogen-bond donors (Lipinski definition) is 2. The van der Waals surface area contributed by atoms with E-state index in [0.29, 0.717) is 12.4 Å². The number of nitrogens with one attached hydrogen (secondary N) is 2. The minimum absolute atomic E-state index is 0. The van der Waals surface area contributed by atoms with Gasteiger partial charge >= 0.3 is 0 Å². The third-order valence-corrected chi connectivity index (χ3v) is 4.69. The number of hydrogen-bond acceptors (Lipinski definition) is 4. The Bertz CT molecular complexity index is 550. The van der Waals surface area contributed by atoms with Gasteiger partial charge in [0, 0.05) is 45.0 Å². The van der Waals surface area contributed by atoms with E-state index in [4.69, 9.17) is 4.74 Å². The predicted molar refractivity (Wildman–Crippen MR) is 123 cm³/mol. The number of halogens is 1. The lowest BCUT2D eigenvalue weighted by atomic mass is 10.0. The van der Waals surface area contributed by atoms with Crippen molar-refractivity contribution in [3.8, 4) is 5.88 Å². The van der Waals surface area contributed by atoms with Crippen molar-refractivity contribution in [1.82, 2.24) is 20.5 Å². The number of pyridine rings is 1. The fraction of sp³-hybridized carbons (Fsp3) is 0.700. The average Bonchev–Trinajstić information content (AvgIpc) is 2.63.